The zero-order valence-electron chi connectivity index (χ0n) is 9.90. The molecule has 5 nitrogen and oxygen atoms in total. The van der Waals surface area contributed by atoms with Crippen LogP contribution in [0, 0.1) is 0 Å². The van der Waals surface area contributed by atoms with Gasteiger partial charge >= 0.3 is 0 Å². The molecule has 90 valence electrons. The van der Waals surface area contributed by atoms with E-state index in [1.807, 2.05) is 6.07 Å². The van der Waals surface area contributed by atoms with Gasteiger partial charge < -0.3 is 15.7 Å². The van der Waals surface area contributed by atoms with Crippen LogP contribution in [-0.2, 0) is 0 Å². The van der Waals surface area contributed by atoms with Gasteiger partial charge in [0, 0.05) is 19.3 Å². The Morgan fingerprint density at radius 2 is 2.19 bits per heavy atom. The summed E-state index contributed by atoms with van der Waals surface area (Å²) in [4.78, 5) is 8.40. The molecule has 0 aliphatic heterocycles. The highest BCUT2D eigenvalue weighted by Gasteiger charge is 1.99. The largest absolute Gasteiger partial charge is 0.393 e. The maximum absolute atomic E-state index is 9.12. The molecule has 0 aromatic carbocycles. The predicted molar refractivity (Wildman–Crippen MR) is 65.6 cm³/mol. The van der Waals surface area contributed by atoms with Crippen molar-refractivity contribution in [1.29, 1.82) is 0 Å². The summed E-state index contributed by atoms with van der Waals surface area (Å²) < 4.78 is 0. The van der Waals surface area contributed by atoms with Crippen LogP contribution in [0.3, 0.4) is 0 Å². The Balaban J connectivity index is 2.40. The van der Waals surface area contributed by atoms with Crippen molar-refractivity contribution in [1.82, 2.24) is 9.97 Å². The van der Waals surface area contributed by atoms with Gasteiger partial charge in [-0.15, -0.1) is 0 Å². The summed E-state index contributed by atoms with van der Waals surface area (Å²) in [6.45, 7) is 5.45. The zero-order valence-corrected chi connectivity index (χ0v) is 9.90. The first-order valence-electron chi connectivity index (χ1n) is 5.71. The standard InChI is InChI=1S/C11H20N4O/c1-3-6-13-11-14-8-5-10(15-11)12-7-4-9(2)16/h5,8-9,16H,3-4,6-7H2,1-2H3,(H2,12,13,14,15). The van der Waals surface area contributed by atoms with Crippen LogP contribution in [0.4, 0.5) is 11.8 Å². The second-order valence-corrected chi connectivity index (χ2v) is 3.76. The lowest BCUT2D eigenvalue weighted by Gasteiger charge is -2.08. The van der Waals surface area contributed by atoms with Gasteiger partial charge in [-0.3, -0.25) is 0 Å². The topological polar surface area (TPSA) is 70.1 Å². The summed E-state index contributed by atoms with van der Waals surface area (Å²) in [5.74, 6) is 1.43. The van der Waals surface area contributed by atoms with E-state index in [-0.39, 0.29) is 6.10 Å². The number of aromatic nitrogens is 2. The number of rotatable bonds is 7. The third kappa shape index (κ3) is 4.93. The molecule has 3 N–H and O–H groups in total. The van der Waals surface area contributed by atoms with E-state index in [1.54, 1.807) is 13.1 Å². The van der Waals surface area contributed by atoms with E-state index in [4.69, 9.17) is 5.11 Å². The molecular weight excluding hydrogens is 204 g/mol. The monoisotopic (exact) mass is 224 g/mol. The van der Waals surface area contributed by atoms with Crippen molar-refractivity contribution in [3.05, 3.63) is 12.3 Å². The maximum atomic E-state index is 9.12. The molecule has 0 saturated heterocycles. The number of nitrogens with one attached hydrogen (secondary N) is 2. The third-order valence-electron chi connectivity index (χ3n) is 2.06. The second-order valence-electron chi connectivity index (χ2n) is 3.76. The van der Waals surface area contributed by atoms with Gasteiger partial charge in [0.05, 0.1) is 6.10 Å². The van der Waals surface area contributed by atoms with Gasteiger partial charge in [0.25, 0.3) is 0 Å². The first kappa shape index (κ1) is 12.7. The lowest BCUT2D eigenvalue weighted by atomic mass is 10.3. The second kappa shape index (κ2) is 7.00. The Labute approximate surface area is 96.3 Å². The van der Waals surface area contributed by atoms with Crippen LogP contribution in [-0.4, -0.2) is 34.3 Å². The predicted octanol–water partition coefficient (Wildman–Crippen LogP) is 1.48. The molecule has 5 heteroatoms. The van der Waals surface area contributed by atoms with Gasteiger partial charge in [-0.1, -0.05) is 6.92 Å². The molecular formula is C11H20N4O. The highest BCUT2D eigenvalue weighted by Crippen LogP contribution is 2.05. The normalized spacial score (nSPS) is 12.2. The molecule has 0 fully saturated rings. The van der Waals surface area contributed by atoms with Crippen LogP contribution in [0.1, 0.15) is 26.7 Å². The van der Waals surface area contributed by atoms with Gasteiger partial charge in [-0.25, -0.2) is 4.98 Å². The van der Waals surface area contributed by atoms with Crippen molar-refractivity contribution in [2.24, 2.45) is 0 Å². The molecule has 1 rings (SSSR count). The molecule has 0 amide bonds. The zero-order chi connectivity index (χ0) is 11.8. The van der Waals surface area contributed by atoms with Crippen LogP contribution >= 0.6 is 0 Å². The molecule has 0 spiro atoms. The Kier molecular flexibility index (Phi) is 5.56. The number of nitrogens with zero attached hydrogens (tertiary/aromatic N) is 2. The van der Waals surface area contributed by atoms with E-state index in [0.29, 0.717) is 18.9 Å². The van der Waals surface area contributed by atoms with E-state index in [2.05, 4.69) is 27.5 Å². The Morgan fingerprint density at radius 1 is 1.38 bits per heavy atom. The Hall–Kier alpha value is -1.36. The van der Waals surface area contributed by atoms with Crippen LogP contribution in [0.25, 0.3) is 0 Å². The highest BCUT2D eigenvalue weighted by atomic mass is 16.3. The fraction of sp³-hybridized carbons (Fsp3) is 0.636. The molecule has 1 aromatic rings. The Morgan fingerprint density at radius 3 is 2.88 bits per heavy atom. The van der Waals surface area contributed by atoms with Gasteiger partial charge in [-0.05, 0) is 25.8 Å². The average Bonchev–Trinajstić information content (AvgIpc) is 2.26. The minimum absolute atomic E-state index is 0.285. The van der Waals surface area contributed by atoms with Crippen molar-refractivity contribution < 1.29 is 5.11 Å². The van der Waals surface area contributed by atoms with Crippen LogP contribution in [0.15, 0.2) is 12.3 Å². The van der Waals surface area contributed by atoms with E-state index in [9.17, 15) is 0 Å². The number of hydrogen-bond donors (Lipinski definition) is 3. The summed E-state index contributed by atoms with van der Waals surface area (Å²) in [6.07, 6.45) is 3.19. The first-order chi connectivity index (χ1) is 7.72. The SMILES string of the molecule is CCCNc1nccc(NCCC(C)O)n1. The van der Waals surface area contributed by atoms with Crippen molar-refractivity contribution in [2.75, 3.05) is 23.7 Å². The summed E-state index contributed by atoms with van der Waals surface area (Å²) in [7, 11) is 0. The molecule has 1 heterocycles. The van der Waals surface area contributed by atoms with Gasteiger partial charge in [0.2, 0.25) is 5.95 Å². The number of aliphatic hydroxyl groups excluding tert-OH is 1. The van der Waals surface area contributed by atoms with Crippen molar-refractivity contribution >= 4 is 11.8 Å². The van der Waals surface area contributed by atoms with Crippen LogP contribution in [0.5, 0.6) is 0 Å². The van der Waals surface area contributed by atoms with E-state index in [1.165, 1.54) is 0 Å². The van der Waals surface area contributed by atoms with Crippen LogP contribution in [0.2, 0.25) is 0 Å². The molecule has 16 heavy (non-hydrogen) atoms. The fourth-order valence-electron chi connectivity index (χ4n) is 1.19. The minimum atomic E-state index is -0.285. The molecule has 0 bridgehead atoms. The molecule has 1 atom stereocenters. The number of anilines is 2. The maximum Gasteiger partial charge on any atom is 0.224 e. The number of hydrogen-bond acceptors (Lipinski definition) is 5. The van der Waals surface area contributed by atoms with Crippen molar-refractivity contribution in [3.63, 3.8) is 0 Å². The molecule has 1 unspecified atom stereocenters. The average molecular weight is 224 g/mol. The van der Waals surface area contributed by atoms with Gasteiger partial charge in [0.1, 0.15) is 5.82 Å². The fourth-order valence-corrected chi connectivity index (χ4v) is 1.19. The van der Waals surface area contributed by atoms with Crippen molar-refractivity contribution in [3.8, 4) is 0 Å². The number of aliphatic hydroxyl groups is 1. The minimum Gasteiger partial charge on any atom is -0.393 e. The molecule has 0 saturated carbocycles. The summed E-state index contributed by atoms with van der Waals surface area (Å²) in [6, 6.07) is 1.82. The molecule has 1 aromatic heterocycles. The molecule has 0 aliphatic carbocycles. The lowest BCUT2D eigenvalue weighted by molar-refractivity contribution is 0.188. The summed E-state index contributed by atoms with van der Waals surface area (Å²) in [5, 5.41) is 15.4. The summed E-state index contributed by atoms with van der Waals surface area (Å²) >= 11 is 0. The van der Waals surface area contributed by atoms with E-state index < -0.39 is 0 Å². The van der Waals surface area contributed by atoms with Crippen LogP contribution < -0.4 is 10.6 Å². The van der Waals surface area contributed by atoms with E-state index >= 15 is 0 Å². The Bertz CT molecular complexity index is 304. The smallest absolute Gasteiger partial charge is 0.224 e. The molecule has 0 radical (unpaired) electrons. The van der Waals surface area contributed by atoms with Gasteiger partial charge in [-0.2, -0.15) is 4.98 Å². The quantitative estimate of drug-likeness (QED) is 0.654. The van der Waals surface area contributed by atoms with E-state index in [0.717, 1.165) is 18.8 Å². The van der Waals surface area contributed by atoms with Gasteiger partial charge in [0.15, 0.2) is 0 Å². The third-order valence-corrected chi connectivity index (χ3v) is 2.06. The first-order valence-corrected chi connectivity index (χ1v) is 5.71. The lowest BCUT2D eigenvalue weighted by Crippen LogP contribution is -2.11. The van der Waals surface area contributed by atoms with Crippen molar-refractivity contribution in [2.45, 2.75) is 32.8 Å². The molecule has 0 aliphatic rings. The highest BCUT2D eigenvalue weighted by molar-refractivity contribution is 5.39. The summed E-state index contributed by atoms with van der Waals surface area (Å²) in [5.41, 5.74) is 0.